The molecule has 0 atom stereocenters. The zero-order valence-electron chi connectivity index (χ0n) is 11.2. The van der Waals surface area contributed by atoms with E-state index < -0.39 is 0 Å². The first-order chi connectivity index (χ1) is 9.31. The molecule has 0 saturated carbocycles. The van der Waals surface area contributed by atoms with Crippen LogP contribution in [0.15, 0.2) is 30.5 Å². The Morgan fingerprint density at radius 1 is 1.37 bits per heavy atom. The molecule has 2 aromatic rings. The summed E-state index contributed by atoms with van der Waals surface area (Å²) in [5.41, 5.74) is 2.31. The molecule has 1 amide bonds. The number of carbonyl (C=O) groups excluding carboxylic acids is 1. The molecular weight excluding hydrogens is 240 g/mol. The average molecular weight is 260 g/mol. The average Bonchev–Trinajstić information content (AvgIpc) is 2.85. The third-order valence-electron chi connectivity index (χ3n) is 3.07. The van der Waals surface area contributed by atoms with E-state index in [1.165, 1.54) is 10.9 Å². The minimum absolute atomic E-state index is 0.0741. The van der Waals surface area contributed by atoms with Gasteiger partial charge in [0.25, 0.3) is 0 Å². The Kier molecular flexibility index (Phi) is 4.98. The van der Waals surface area contributed by atoms with Crippen LogP contribution >= 0.6 is 0 Å². The van der Waals surface area contributed by atoms with E-state index in [9.17, 15) is 4.79 Å². The molecule has 102 valence electrons. The third kappa shape index (κ3) is 3.83. The van der Waals surface area contributed by atoms with Gasteiger partial charge in [0.1, 0.15) is 0 Å². The van der Waals surface area contributed by atoms with Gasteiger partial charge in [-0.1, -0.05) is 18.2 Å². The fraction of sp³-hybridized carbons (Fsp3) is 0.400. The van der Waals surface area contributed by atoms with Gasteiger partial charge in [0.2, 0.25) is 5.91 Å². The van der Waals surface area contributed by atoms with Crippen LogP contribution in [0.4, 0.5) is 0 Å². The minimum Gasteiger partial charge on any atom is -0.380 e. The molecule has 0 aliphatic rings. The number of ether oxygens (including phenoxy) is 1. The van der Waals surface area contributed by atoms with Gasteiger partial charge in [-0.05, 0) is 25.0 Å². The molecule has 0 spiro atoms. The maximum absolute atomic E-state index is 11.7. The van der Waals surface area contributed by atoms with Crippen LogP contribution in [0.3, 0.4) is 0 Å². The van der Waals surface area contributed by atoms with Crippen molar-refractivity contribution in [3.05, 3.63) is 36.0 Å². The lowest BCUT2D eigenvalue weighted by atomic mass is 10.1. The number of hydrogen-bond acceptors (Lipinski definition) is 2. The predicted octanol–water partition coefficient (Wildman–Crippen LogP) is 2.25. The molecule has 4 heteroatoms. The zero-order valence-corrected chi connectivity index (χ0v) is 11.2. The molecule has 19 heavy (non-hydrogen) atoms. The maximum Gasteiger partial charge on any atom is 0.220 e. The fourth-order valence-electron chi connectivity index (χ4n) is 2.08. The molecule has 0 aliphatic heterocycles. The Labute approximate surface area is 113 Å². The van der Waals surface area contributed by atoms with E-state index >= 15 is 0 Å². The summed E-state index contributed by atoms with van der Waals surface area (Å²) < 4.78 is 5.17. The Morgan fingerprint density at radius 3 is 3.05 bits per heavy atom. The highest BCUT2D eigenvalue weighted by molar-refractivity contribution is 5.84. The summed E-state index contributed by atoms with van der Waals surface area (Å²) in [5.74, 6) is 0.0741. The summed E-state index contributed by atoms with van der Waals surface area (Å²) in [5, 5.41) is 4.05. The van der Waals surface area contributed by atoms with Crippen molar-refractivity contribution in [2.75, 3.05) is 19.8 Å². The van der Waals surface area contributed by atoms with E-state index in [1.807, 2.05) is 31.3 Å². The molecular formula is C15H20N2O2. The monoisotopic (exact) mass is 260 g/mol. The first-order valence-corrected chi connectivity index (χ1v) is 6.70. The second kappa shape index (κ2) is 6.95. The van der Waals surface area contributed by atoms with Crippen LogP contribution in [0.5, 0.6) is 0 Å². The van der Waals surface area contributed by atoms with Crippen molar-refractivity contribution < 1.29 is 9.53 Å². The van der Waals surface area contributed by atoms with Crippen LogP contribution in [0, 0.1) is 0 Å². The summed E-state index contributed by atoms with van der Waals surface area (Å²) in [6.45, 7) is 3.79. The molecule has 0 saturated heterocycles. The highest BCUT2D eigenvalue weighted by atomic mass is 16.5. The SMILES string of the molecule is CCOCCNC(=O)CCc1c[nH]c2ccccc12. The molecule has 1 heterocycles. The highest BCUT2D eigenvalue weighted by Crippen LogP contribution is 2.18. The summed E-state index contributed by atoms with van der Waals surface area (Å²) in [4.78, 5) is 14.9. The summed E-state index contributed by atoms with van der Waals surface area (Å²) in [7, 11) is 0. The number of benzene rings is 1. The van der Waals surface area contributed by atoms with Crippen LogP contribution in [0.25, 0.3) is 10.9 Å². The van der Waals surface area contributed by atoms with Gasteiger partial charge in [-0.2, -0.15) is 0 Å². The number of fused-ring (bicyclic) bond motifs is 1. The zero-order chi connectivity index (χ0) is 13.5. The number of aromatic amines is 1. The van der Waals surface area contributed by atoms with Gasteiger partial charge in [0.15, 0.2) is 0 Å². The number of carbonyl (C=O) groups is 1. The predicted molar refractivity (Wildman–Crippen MR) is 76.1 cm³/mol. The van der Waals surface area contributed by atoms with Crippen molar-refractivity contribution in [1.29, 1.82) is 0 Å². The molecule has 1 aromatic heterocycles. The molecule has 0 fully saturated rings. The molecule has 2 rings (SSSR count). The molecule has 0 radical (unpaired) electrons. The Hall–Kier alpha value is -1.81. The van der Waals surface area contributed by atoms with E-state index in [0.717, 1.165) is 11.9 Å². The van der Waals surface area contributed by atoms with E-state index in [1.54, 1.807) is 0 Å². The van der Waals surface area contributed by atoms with Crippen LogP contribution in [-0.2, 0) is 16.0 Å². The number of nitrogens with one attached hydrogen (secondary N) is 2. The Morgan fingerprint density at radius 2 is 2.21 bits per heavy atom. The molecule has 0 aliphatic carbocycles. The molecule has 2 N–H and O–H groups in total. The number of H-pyrrole nitrogens is 1. The van der Waals surface area contributed by atoms with Crippen molar-refractivity contribution in [3.8, 4) is 0 Å². The van der Waals surface area contributed by atoms with Gasteiger partial charge in [-0.3, -0.25) is 4.79 Å². The Bertz CT molecular complexity index is 534. The molecule has 0 bridgehead atoms. The van der Waals surface area contributed by atoms with Crippen molar-refractivity contribution in [2.24, 2.45) is 0 Å². The first-order valence-electron chi connectivity index (χ1n) is 6.70. The van der Waals surface area contributed by atoms with E-state index in [0.29, 0.717) is 26.2 Å². The van der Waals surface area contributed by atoms with Crippen LogP contribution in [-0.4, -0.2) is 30.6 Å². The standard InChI is InChI=1S/C15H20N2O2/c1-2-19-10-9-16-15(18)8-7-12-11-17-14-6-4-3-5-13(12)14/h3-6,11,17H,2,7-10H2,1H3,(H,16,18). The van der Waals surface area contributed by atoms with Crippen LogP contribution < -0.4 is 5.32 Å². The smallest absolute Gasteiger partial charge is 0.220 e. The number of para-hydroxylation sites is 1. The van der Waals surface area contributed by atoms with Gasteiger partial charge >= 0.3 is 0 Å². The van der Waals surface area contributed by atoms with Gasteiger partial charge in [0.05, 0.1) is 6.61 Å². The lowest BCUT2D eigenvalue weighted by Crippen LogP contribution is -2.27. The van der Waals surface area contributed by atoms with Crippen molar-refractivity contribution in [2.45, 2.75) is 19.8 Å². The number of aromatic nitrogens is 1. The Balaban J connectivity index is 1.80. The number of aryl methyl sites for hydroxylation is 1. The van der Waals surface area contributed by atoms with Gasteiger partial charge < -0.3 is 15.0 Å². The lowest BCUT2D eigenvalue weighted by Gasteiger charge is -2.04. The third-order valence-corrected chi connectivity index (χ3v) is 3.07. The fourth-order valence-corrected chi connectivity index (χ4v) is 2.08. The van der Waals surface area contributed by atoms with Crippen molar-refractivity contribution in [3.63, 3.8) is 0 Å². The summed E-state index contributed by atoms with van der Waals surface area (Å²) >= 11 is 0. The molecule has 1 aromatic carbocycles. The second-order valence-electron chi connectivity index (χ2n) is 4.41. The second-order valence-corrected chi connectivity index (χ2v) is 4.41. The largest absolute Gasteiger partial charge is 0.380 e. The number of amides is 1. The number of hydrogen-bond donors (Lipinski definition) is 2. The van der Waals surface area contributed by atoms with Crippen molar-refractivity contribution >= 4 is 16.8 Å². The molecule has 4 nitrogen and oxygen atoms in total. The number of rotatable bonds is 7. The molecule has 0 unspecified atom stereocenters. The van der Waals surface area contributed by atoms with Gasteiger partial charge in [-0.25, -0.2) is 0 Å². The lowest BCUT2D eigenvalue weighted by molar-refractivity contribution is -0.121. The van der Waals surface area contributed by atoms with E-state index in [4.69, 9.17) is 4.74 Å². The van der Waals surface area contributed by atoms with Crippen molar-refractivity contribution in [1.82, 2.24) is 10.3 Å². The maximum atomic E-state index is 11.7. The highest BCUT2D eigenvalue weighted by Gasteiger charge is 2.06. The quantitative estimate of drug-likeness (QED) is 0.750. The normalized spacial score (nSPS) is 10.8. The summed E-state index contributed by atoms with van der Waals surface area (Å²) in [6, 6.07) is 8.14. The van der Waals surface area contributed by atoms with Gasteiger partial charge in [0, 0.05) is 36.7 Å². The minimum atomic E-state index is 0.0741. The van der Waals surface area contributed by atoms with Crippen LogP contribution in [0.1, 0.15) is 18.9 Å². The van der Waals surface area contributed by atoms with E-state index in [-0.39, 0.29) is 5.91 Å². The topological polar surface area (TPSA) is 54.1 Å². The first kappa shape index (κ1) is 13.6. The van der Waals surface area contributed by atoms with E-state index in [2.05, 4.69) is 16.4 Å². The summed E-state index contributed by atoms with van der Waals surface area (Å²) in [6.07, 6.45) is 3.25. The van der Waals surface area contributed by atoms with Crippen LogP contribution in [0.2, 0.25) is 0 Å². The van der Waals surface area contributed by atoms with Gasteiger partial charge in [-0.15, -0.1) is 0 Å².